The lowest BCUT2D eigenvalue weighted by molar-refractivity contribution is 0.591. The molecular formula is C19H18Cl2N6O2. The van der Waals surface area contributed by atoms with Gasteiger partial charge in [-0.3, -0.25) is 18.6 Å². The van der Waals surface area contributed by atoms with E-state index in [9.17, 15) is 9.59 Å². The molecule has 8 nitrogen and oxygen atoms in total. The molecular weight excluding hydrogens is 415 g/mol. The van der Waals surface area contributed by atoms with Crippen LogP contribution in [0, 0.1) is 0 Å². The van der Waals surface area contributed by atoms with Crippen molar-refractivity contribution in [3.63, 3.8) is 0 Å². The number of aryl methyl sites for hydroxylation is 1. The molecule has 0 aliphatic rings. The minimum Gasteiger partial charge on any atom is -0.276 e. The molecule has 4 rings (SSSR count). The fourth-order valence-corrected chi connectivity index (χ4v) is 3.60. The van der Waals surface area contributed by atoms with Crippen molar-refractivity contribution in [1.82, 2.24) is 28.9 Å². The van der Waals surface area contributed by atoms with Crippen LogP contribution in [0.1, 0.15) is 32.0 Å². The van der Waals surface area contributed by atoms with Gasteiger partial charge in [-0.1, -0.05) is 55.1 Å². The summed E-state index contributed by atoms with van der Waals surface area (Å²) in [5, 5.41) is 13.1. The Bertz CT molecular complexity index is 1320. The van der Waals surface area contributed by atoms with Crippen LogP contribution in [0.5, 0.6) is 0 Å². The molecule has 3 aromatic heterocycles. The van der Waals surface area contributed by atoms with E-state index in [-0.39, 0.29) is 22.1 Å². The van der Waals surface area contributed by atoms with Crippen LogP contribution in [0.25, 0.3) is 16.7 Å². The molecule has 0 saturated carbocycles. The number of para-hydroxylation sites is 1. The molecule has 0 unspecified atom stereocenters. The Hall–Kier alpha value is -2.71. The van der Waals surface area contributed by atoms with Gasteiger partial charge in [0.15, 0.2) is 5.82 Å². The second-order valence-electron chi connectivity index (χ2n) is 6.70. The summed E-state index contributed by atoms with van der Waals surface area (Å²) in [6.45, 7) is 2.69. The smallest absolute Gasteiger partial charge is 0.276 e. The van der Waals surface area contributed by atoms with Crippen LogP contribution < -0.4 is 11.1 Å². The van der Waals surface area contributed by atoms with E-state index in [4.69, 9.17) is 23.2 Å². The highest BCUT2D eigenvalue weighted by molar-refractivity contribution is 6.41. The van der Waals surface area contributed by atoms with Crippen molar-refractivity contribution in [2.75, 3.05) is 0 Å². The summed E-state index contributed by atoms with van der Waals surface area (Å²) in [6, 6.07) is 7.27. The molecule has 0 N–H and O–H groups in total. The van der Waals surface area contributed by atoms with Crippen LogP contribution in [0.3, 0.4) is 0 Å². The Morgan fingerprint density at radius 3 is 2.62 bits per heavy atom. The van der Waals surface area contributed by atoms with Gasteiger partial charge in [-0.15, -0.1) is 10.2 Å². The van der Waals surface area contributed by atoms with Gasteiger partial charge >= 0.3 is 0 Å². The molecule has 1 aromatic carbocycles. The molecule has 0 amide bonds. The third-order valence-electron chi connectivity index (χ3n) is 4.79. The van der Waals surface area contributed by atoms with E-state index in [1.807, 2.05) is 18.2 Å². The summed E-state index contributed by atoms with van der Waals surface area (Å²) in [7, 11) is 0. The molecule has 150 valence electrons. The van der Waals surface area contributed by atoms with Crippen LogP contribution >= 0.6 is 23.2 Å². The lowest BCUT2D eigenvalue weighted by Gasteiger charge is -2.11. The number of halogens is 2. The van der Waals surface area contributed by atoms with Gasteiger partial charge in [0.25, 0.3) is 11.1 Å². The standard InChI is InChI=1S/C19H18Cl2N6O2/c1-2-3-6-9-25-17(28)12-7-4-5-8-14(12)27-15(23-24-19(25)27)11-26-18(29)16(21)13(20)10-22-26/h4-5,7-8,10H,2-3,6,9,11H2,1H3. The number of fused-ring (bicyclic) bond motifs is 3. The molecule has 0 radical (unpaired) electrons. The number of unbranched alkanes of at least 4 members (excludes halogenated alkanes) is 2. The van der Waals surface area contributed by atoms with Gasteiger partial charge in [-0.05, 0) is 18.6 Å². The molecule has 3 heterocycles. The van der Waals surface area contributed by atoms with Crippen molar-refractivity contribution in [2.24, 2.45) is 0 Å². The number of nitrogens with zero attached hydrogens (tertiary/aromatic N) is 6. The van der Waals surface area contributed by atoms with Crippen LogP contribution in [0.4, 0.5) is 0 Å². The Morgan fingerprint density at radius 2 is 1.83 bits per heavy atom. The first-order valence-electron chi connectivity index (χ1n) is 9.29. The molecule has 4 aromatic rings. The Labute approximate surface area is 175 Å². The van der Waals surface area contributed by atoms with Gasteiger partial charge in [0.1, 0.15) is 11.6 Å². The summed E-state index contributed by atoms with van der Waals surface area (Å²) in [4.78, 5) is 25.4. The summed E-state index contributed by atoms with van der Waals surface area (Å²) in [5.41, 5.74) is 0.0526. The predicted octanol–water partition coefficient (Wildman–Crippen LogP) is 3.15. The highest BCUT2D eigenvalue weighted by Gasteiger charge is 2.18. The van der Waals surface area contributed by atoms with Crippen molar-refractivity contribution in [2.45, 2.75) is 39.3 Å². The number of aromatic nitrogens is 6. The maximum absolute atomic E-state index is 13.0. The number of hydrogen-bond donors (Lipinski definition) is 0. The van der Waals surface area contributed by atoms with Crippen molar-refractivity contribution >= 4 is 39.9 Å². The van der Waals surface area contributed by atoms with E-state index in [0.717, 1.165) is 19.3 Å². The molecule has 0 bridgehead atoms. The molecule has 0 saturated heterocycles. The highest BCUT2D eigenvalue weighted by atomic mass is 35.5. The molecule has 0 atom stereocenters. The van der Waals surface area contributed by atoms with Crippen LogP contribution in [-0.4, -0.2) is 28.9 Å². The highest BCUT2D eigenvalue weighted by Crippen LogP contribution is 2.17. The summed E-state index contributed by atoms with van der Waals surface area (Å²) < 4.78 is 4.60. The second-order valence-corrected chi connectivity index (χ2v) is 7.49. The van der Waals surface area contributed by atoms with Crippen molar-refractivity contribution in [3.05, 3.63) is 67.0 Å². The first-order valence-corrected chi connectivity index (χ1v) is 10.0. The van der Waals surface area contributed by atoms with Crippen molar-refractivity contribution in [3.8, 4) is 0 Å². The zero-order valence-corrected chi connectivity index (χ0v) is 17.2. The largest absolute Gasteiger partial charge is 0.287 e. The van der Waals surface area contributed by atoms with Gasteiger partial charge in [-0.25, -0.2) is 4.68 Å². The monoisotopic (exact) mass is 432 g/mol. The molecule has 0 aliphatic carbocycles. The average molecular weight is 433 g/mol. The second kappa shape index (κ2) is 7.96. The zero-order valence-electron chi connectivity index (χ0n) is 15.7. The molecule has 0 aliphatic heterocycles. The SMILES string of the molecule is CCCCCn1c(=O)c2ccccc2n2c(Cn3ncc(Cl)c(Cl)c3=O)nnc12. The molecule has 10 heteroatoms. The third kappa shape index (κ3) is 3.42. The minimum absolute atomic E-state index is 0.0358. The fourth-order valence-electron chi connectivity index (χ4n) is 3.33. The molecule has 29 heavy (non-hydrogen) atoms. The van der Waals surface area contributed by atoms with Gasteiger partial charge in [0.05, 0.1) is 22.1 Å². The first kappa shape index (κ1) is 19.6. The van der Waals surface area contributed by atoms with E-state index >= 15 is 0 Å². The quantitative estimate of drug-likeness (QED) is 0.436. The number of hydrogen-bond acceptors (Lipinski definition) is 5. The molecule has 0 fully saturated rings. The average Bonchev–Trinajstić information content (AvgIpc) is 3.14. The van der Waals surface area contributed by atoms with Crippen LogP contribution in [-0.2, 0) is 13.1 Å². The van der Waals surface area contributed by atoms with Crippen molar-refractivity contribution in [1.29, 1.82) is 0 Å². The Balaban J connectivity index is 1.92. The fraction of sp³-hybridized carbons (Fsp3) is 0.316. The summed E-state index contributed by atoms with van der Waals surface area (Å²) in [5.74, 6) is 0.904. The predicted molar refractivity (Wildman–Crippen MR) is 112 cm³/mol. The van der Waals surface area contributed by atoms with E-state index in [0.29, 0.717) is 29.0 Å². The zero-order chi connectivity index (χ0) is 20.5. The number of rotatable bonds is 6. The maximum Gasteiger partial charge on any atom is 0.287 e. The lowest BCUT2D eigenvalue weighted by atomic mass is 10.2. The number of benzene rings is 1. The van der Waals surface area contributed by atoms with Gasteiger partial charge in [-0.2, -0.15) is 5.10 Å². The van der Waals surface area contributed by atoms with E-state index < -0.39 is 5.56 Å². The van der Waals surface area contributed by atoms with Crippen molar-refractivity contribution < 1.29 is 0 Å². The first-order chi connectivity index (χ1) is 14.0. The third-order valence-corrected chi connectivity index (χ3v) is 5.54. The van der Waals surface area contributed by atoms with E-state index in [1.54, 1.807) is 15.0 Å². The summed E-state index contributed by atoms with van der Waals surface area (Å²) in [6.07, 6.45) is 4.23. The van der Waals surface area contributed by atoms with Gasteiger partial charge < -0.3 is 0 Å². The van der Waals surface area contributed by atoms with Crippen LogP contribution in [0.2, 0.25) is 10.0 Å². The lowest BCUT2D eigenvalue weighted by Crippen LogP contribution is -2.26. The van der Waals surface area contributed by atoms with E-state index in [1.165, 1.54) is 10.9 Å². The maximum atomic E-state index is 13.0. The summed E-state index contributed by atoms with van der Waals surface area (Å²) >= 11 is 11.8. The van der Waals surface area contributed by atoms with Crippen LogP contribution in [0.15, 0.2) is 40.1 Å². The Morgan fingerprint density at radius 1 is 1.03 bits per heavy atom. The topological polar surface area (TPSA) is 87.1 Å². The minimum atomic E-state index is -0.517. The van der Waals surface area contributed by atoms with Gasteiger partial charge in [0, 0.05) is 6.54 Å². The normalized spacial score (nSPS) is 11.6. The molecule has 0 spiro atoms. The van der Waals surface area contributed by atoms with E-state index in [2.05, 4.69) is 22.2 Å². The van der Waals surface area contributed by atoms with Gasteiger partial charge in [0.2, 0.25) is 5.78 Å². The Kier molecular flexibility index (Phi) is 5.38.